The lowest BCUT2D eigenvalue weighted by atomic mass is 10.2. The topological polar surface area (TPSA) is 65.1 Å². The number of carbonyl (C=O) groups is 2. The van der Waals surface area contributed by atoms with Crippen molar-refractivity contribution in [3.8, 4) is 5.75 Å². The fourth-order valence-electron chi connectivity index (χ4n) is 4.05. The quantitative estimate of drug-likeness (QED) is 0.825. The number of urea groups is 1. The summed E-state index contributed by atoms with van der Waals surface area (Å²) < 4.78 is 5.25. The van der Waals surface area contributed by atoms with Crippen molar-refractivity contribution in [1.82, 2.24) is 15.1 Å². The number of hydrogen-bond acceptors (Lipinski definition) is 4. The smallest absolute Gasteiger partial charge is 0.317 e. The van der Waals surface area contributed by atoms with Crippen molar-refractivity contribution in [2.75, 3.05) is 44.7 Å². The fourth-order valence-corrected chi connectivity index (χ4v) is 4.05. The molecule has 2 aromatic rings. The van der Waals surface area contributed by atoms with E-state index < -0.39 is 0 Å². The van der Waals surface area contributed by atoms with Gasteiger partial charge in [-0.15, -0.1) is 0 Å². The fraction of sp³-hybridized carbons (Fsp3) is 0.391. The molecule has 2 aromatic carbocycles. The first-order chi connectivity index (χ1) is 14.6. The molecular weight excluding hydrogens is 380 g/mol. The molecule has 1 atom stereocenters. The van der Waals surface area contributed by atoms with E-state index in [1.807, 2.05) is 35.2 Å². The van der Waals surface area contributed by atoms with Gasteiger partial charge >= 0.3 is 6.03 Å². The molecule has 7 heteroatoms. The van der Waals surface area contributed by atoms with Crippen LogP contribution in [0.5, 0.6) is 5.75 Å². The predicted octanol–water partition coefficient (Wildman–Crippen LogP) is 2.33. The summed E-state index contributed by atoms with van der Waals surface area (Å²) in [7, 11) is 1.60. The second-order valence-electron chi connectivity index (χ2n) is 7.81. The summed E-state index contributed by atoms with van der Waals surface area (Å²) in [4.78, 5) is 31.1. The summed E-state index contributed by atoms with van der Waals surface area (Å²) in [5.41, 5.74) is 2.09. The van der Waals surface area contributed by atoms with Crippen LogP contribution in [0.1, 0.15) is 12.0 Å². The summed E-state index contributed by atoms with van der Waals surface area (Å²) in [5.74, 6) is 0.724. The Morgan fingerprint density at radius 1 is 1.07 bits per heavy atom. The Labute approximate surface area is 177 Å². The van der Waals surface area contributed by atoms with Gasteiger partial charge in [-0.1, -0.05) is 36.4 Å². The average Bonchev–Trinajstić information content (AvgIpc) is 3.15. The molecule has 158 valence electrons. The standard InChI is InChI=1S/C23H28N4O3/c1-30-21-9-5-8-20(15-21)27-17-19(14-22(27)28)24-23(29)26-12-10-25(11-13-26)16-18-6-3-2-4-7-18/h2-9,15,19H,10-14,16-17H2,1H3,(H,24,29)/t19-/m0/s1. The summed E-state index contributed by atoms with van der Waals surface area (Å²) in [6.07, 6.45) is 0.316. The minimum Gasteiger partial charge on any atom is -0.497 e. The normalized spacial score (nSPS) is 19.8. The van der Waals surface area contributed by atoms with Gasteiger partial charge in [-0.05, 0) is 17.7 Å². The molecule has 0 radical (unpaired) electrons. The van der Waals surface area contributed by atoms with Crippen LogP contribution in [0.15, 0.2) is 54.6 Å². The molecule has 0 saturated carbocycles. The molecule has 1 N–H and O–H groups in total. The van der Waals surface area contributed by atoms with Crippen molar-refractivity contribution in [2.24, 2.45) is 0 Å². The number of rotatable bonds is 5. The number of ether oxygens (including phenoxy) is 1. The number of carbonyl (C=O) groups excluding carboxylic acids is 2. The lowest BCUT2D eigenvalue weighted by molar-refractivity contribution is -0.117. The molecule has 2 saturated heterocycles. The van der Waals surface area contributed by atoms with Crippen LogP contribution in [0, 0.1) is 0 Å². The maximum Gasteiger partial charge on any atom is 0.317 e. The monoisotopic (exact) mass is 408 g/mol. The van der Waals surface area contributed by atoms with Crippen molar-refractivity contribution < 1.29 is 14.3 Å². The molecule has 0 aromatic heterocycles. The summed E-state index contributed by atoms with van der Waals surface area (Å²) in [6, 6.07) is 17.6. The molecule has 4 rings (SSSR count). The largest absolute Gasteiger partial charge is 0.497 e. The zero-order chi connectivity index (χ0) is 20.9. The second-order valence-corrected chi connectivity index (χ2v) is 7.81. The molecule has 2 heterocycles. The van der Waals surface area contributed by atoms with Gasteiger partial charge < -0.3 is 19.9 Å². The zero-order valence-corrected chi connectivity index (χ0v) is 17.3. The summed E-state index contributed by atoms with van der Waals surface area (Å²) >= 11 is 0. The highest BCUT2D eigenvalue weighted by atomic mass is 16.5. The molecule has 0 bridgehead atoms. The number of amides is 3. The number of hydrogen-bond donors (Lipinski definition) is 1. The van der Waals surface area contributed by atoms with Gasteiger partial charge in [0.15, 0.2) is 0 Å². The highest BCUT2D eigenvalue weighted by molar-refractivity contribution is 5.97. The van der Waals surface area contributed by atoms with Crippen LogP contribution in [0.2, 0.25) is 0 Å². The van der Waals surface area contributed by atoms with Gasteiger partial charge in [-0.25, -0.2) is 4.79 Å². The SMILES string of the molecule is COc1cccc(N2C[C@@H](NC(=O)N3CCN(Cc4ccccc4)CC3)CC2=O)c1. The van der Waals surface area contributed by atoms with E-state index in [1.165, 1.54) is 5.56 Å². The van der Waals surface area contributed by atoms with Crippen LogP contribution in [0.4, 0.5) is 10.5 Å². The van der Waals surface area contributed by atoms with E-state index in [9.17, 15) is 9.59 Å². The van der Waals surface area contributed by atoms with Crippen molar-refractivity contribution in [3.63, 3.8) is 0 Å². The Morgan fingerprint density at radius 3 is 2.57 bits per heavy atom. The third-order valence-corrected chi connectivity index (χ3v) is 5.73. The maximum atomic E-state index is 12.7. The van der Waals surface area contributed by atoms with E-state index in [1.54, 1.807) is 12.0 Å². The highest BCUT2D eigenvalue weighted by Gasteiger charge is 2.33. The van der Waals surface area contributed by atoms with Crippen LogP contribution in [0.25, 0.3) is 0 Å². The zero-order valence-electron chi connectivity index (χ0n) is 17.3. The van der Waals surface area contributed by atoms with Gasteiger partial charge in [-0.3, -0.25) is 9.69 Å². The van der Waals surface area contributed by atoms with Crippen molar-refractivity contribution in [2.45, 2.75) is 19.0 Å². The van der Waals surface area contributed by atoms with Gasteiger partial charge in [0.25, 0.3) is 0 Å². The van der Waals surface area contributed by atoms with E-state index in [0.29, 0.717) is 31.8 Å². The minimum absolute atomic E-state index is 0.0150. The molecule has 2 aliphatic rings. The van der Waals surface area contributed by atoms with E-state index in [2.05, 4.69) is 34.5 Å². The van der Waals surface area contributed by atoms with Gasteiger partial charge in [-0.2, -0.15) is 0 Å². The number of nitrogens with zero attached hydrogens (tertiary/aromatic N) is 3. The first-order valence-corrected chi connectivity index (χ1v) is 10.4. The Morgan fingerprint density at radius 2 is 1.83 bits per heavy atom. The van der Waals surface area contributed by atoms with Crippen LogP contribution >= 0.6 is 0 Å². The number of methoxy groups -OCH3 is 1. The number of piperazine rings is 1. The van der Waals surface area contributed by atoms with Gasteiger partial charge in [0.05, 0.1) is 13.2 Å². The van der Waals surface area contributed by atoms with E-state index in [4.69, 9.17) is 4.74 Å². The van der Waals surface area contributed by atoms with Crippen LogP contribution in [-0.4, -0.2) is 67.6 Å². The molecule has 0 unspecified atom stereocenters. The summed E-state index contributed by atoms with van der Waals surface area (Å²) in [6.45, 7) is 4.47. The van der Waals surface area contributed by atoms with Gasteiger partial charge in [0.2, 0.25) is 5.91 Å². The Bertz CT molecular complexity index is 881. The molecule has 2 aliphatic heterocycles. The molecule has 2 fully saturated rings. The third kappa shape index (κ3) is 4.74. The van der Waals surface area contributed by atoms with E-state index in [-0.39, 0.29) is 18.0 Å². The van der Waals surface area contributed by atoms with Crippen molar-refractivity contribution in [1.29, 1.82) is 0 Å². The molecule has 30 heavy (non-hydrogen) atoms. The molecule has 0 spiro atoms. The number of nitrogens with one attached hydrogen (secondary N) is 1. The van der Waals surface area contributed by atoms with Crippen LogP contribution in [0.3, 0.4) is 0 Å². The second kappa shape index (κ2) is 9.17. The first-order valence-electron chi connectivity index (χ1n) is 10.4. The van der Waals surface area contributed by atoms with Crippen LogP contribution in [-0.2, 0) is 11.3 Å². The first kappa shape index (κ1) is 20.2. The van der Waals surface area contributed by atoms with Crippen molar-refractivity contribution >= 4 is 17.6 Å². The van der Waals surface area contributed by atoms with E-state index >= 15 is 0 Å². The Balaban J connectivity index is 1.27. The summed E-state index contributed by atoms with van der Waals surface area (Å²) in [5, 5.41) is 3.05. The number of benzene rings is 2. The van der Waals surface area contributed by atoms with E-state index in [0.717, 1.165) is 25.3 Å². The average molecular weight is 409 g/mol. The molecule has 0 aliphatic carbocycles. The predicted molar refractivity (Wildman–Crippen MR) is 116 cm³/mol. The molecule has 7 nitrogen and oxygen atoms in total. The third-order valence-electron chi connectivity index (χ3n) is 5.73. The van der Waals surface area contributed by atoms with Crippen LogP contribution < -0.4 is 15.0 Å². The molecule has 3 amide bonds. The maximum absolute atomic E-state index is 12.7. The lowest BCUT2D eigenvalue weighted by Crippen LogP contribution is -2.53. The highest BCUT2D eigenvalue weighted by Crippen LogP contribution is 2.25. The Kier molecular flexibility index (Phi) is 6.18. The van der Waals surface area contributed by atoms with Crippen molar-refractivity contribution in [3.05, 3.63) is 60.2 Å². The number of anilines is 1. The lowest BCUT2D eigenvalue weighted by Gasteiger charge is -2.35. The van der Waals surface area contributed by atoms with Gasteiger partial charge in [0.1, 0.15) is 5.75 Å². The Hall–Kier alpha value is -3.06. The molecular formula is C23H28N4O3. The van der Waals surface area contributed by atoms with Gasteiger partial charge in [0, 0.05) is 57.4 Å². The minimum atomic E-state index is -0.182.